The number of rotatable bonds is 8. The normalized spacial score (nSPS) is 17.5. The Labute approximate surface area is 150 Å². The molecule has 0 aliphatic carbocycles. The van der Waals surface area contributed by atoms with Gasteiger partial charge in [-0.05, 0) is 57.2 Å². The number of hydrogen-bond acceptors (Lipinski definition) is 3. The summed E-state index contributed by atoms with van der Waals surface area (Å²) in [4.78, 5) is 14.4. The SMILES string of the molecule is Cl.Cl.[B]OC(=O)C(CCCC)C1CCN(CCC(C)C)CC1. The molecule has 1 fully saturated rings. The molecule has 1 atom stereocenters. The lowest BCUT2D eigenvalue weighted by molar-refractivity contribution is -0.141. The fourth-order valence-electron chi connectivity index (χ4n) is 3.08. The van der Waals surface area contributed by atoms with Gasteiger partial charge in [0.1, 0.15) is 0 Å². The molecular weight excluding hydrogens is 320 g/mol. The summed E-state index contributed by atoms with van der Waals surface area (Å²) in [5.74, 6) is 1.01. The van der Waals surface area contributed by atoms with Crippen LogP contribution in [-0.2, 0) is 9.45 Å². The number of hydrogen-bond donors (Lipinski definition) is 0. The molecular formula is C16H32BCl2NO2. The van der Waals surface area contributed by atoms with Gasteiger partial charge in [-0.1, -0.05) is 33.6 Å². The third-order valence-corrected chi connectivity index (χ3v) is 4.51. The first-order valence-corrected chi connectivity index (χ1v) is 8.21. The molecule has 1 unspecified atom stereocenters. The number of piperidine rings is 1. The molecule has 0 aromatic carbocycles. The molecule has 3 nitrogen and oxygen atoms in total. The van der Waals surface area contributed by atoms with E-state index in [0.717, 1.165) is 51.1 Å². The second-order valence-corrected chi connectivity index (χ2v) is 6.55. The van der Waals surface area contributed by atoms with Crippen molar-refractivity contribution >= 4 is 38.8 Å². The first kappa shape index (κ1) is 24.3. The van der Waals surface area contributed by atoms with Gasteiger partial charge in [0.2, 0.25) is 0 Å². The van der Waals surface area contributed by atoms with Crippen LogP contribution < -0.4 is 0 Å². The van der Waals surface area contributed by atoms with Crippen molar-refractivity contribution in [2.24, 2.45) is 17.8 Å². The summed E-state index contributed by atoms with van der Waals surface area (Å²) >= 11 is 0. The van der Waals surface area contributed by atoms with Crippen LogP contribution in [-0.4, -0.2) is 38.6 Å². The molecule has 0 amide bonds. The minimum Gasteiger partial charge on any atom is -0.543 e. The molecule has 0 spiro atoms. The van der Waals surface area contributed by atoms with Crippen molar-refractivity contribution in [2.45, 2.75) is 59.3 Å². The van der Waals surface area contributed by atoms with Gasteiger partial charge < -0.3 is 9.55 Å². The molecule has 0 N–H and O–H groups in total. The van der Waals surface area contributed by atoms with Crippen molar-refractivity contribution < 1.29 is 9.45 Å². The average molecular weight is 352 g/mol. The zero-order valence-corrected chi connectivity index (χ0v) is 15.9. The van der Waals surface area contributed by atoms with Crippen LogP contribution in [0.15, 0.2) is 0 Å². The Morgan fingerprint density at radius 1 is 1.23 bits per heavy atom. The summed E-state index contributed by atoms with van der Waals surface area (Å²) in [5, 5.41) is 0. The Balaban J connectivity index is 0. The van der Waals surface area contributed by atoms with Crippen LogP contribution in [0.2, 0.25) is 0 Å². The Hall–Kier alpha value is 0.0749. The van der Waals surface area contributed by atoms with E-state index in [1.54, 1.807) is 0 Å². The predicted octanol–water partition coefficient (Wildman–Crippen LogP) is 4.02. The van der Waals surface area contributed by atoms with Crippen LogP contribution in [0.4, 0.5) is 0 Å². The van der Waals surface area contributed by atoms with Gasteiger partial charge in [0.25, 0.3) is 5.97 Å². The van der Waals surface area contributed by atoms with Crippen LogP contribution in [0.1, 0.15) is 59.3 Å². The third kappa shape index (κ3) is 8.64. The summed E-state index contributed by atoms with van der Waals surface area (Å²) in [6.45, 7) is 10.1. The van der Waals surface area contributed by atoms with Gasteiger partial charge >= 0.3 is 8.05 Å². The zero-order valence-electron chi connectivity index (χ0n) is 14.3. The van der Waals surface area contributed by atoms with Crippen LogP contribution >= 0.6 is 24.8 Å². The molecule has 0 bridgehead atoms. The van der Waals surface area contributed by atoms with Crippen LogP contribution in [0.5, 0.6) is 0 Å². The topological polar surface area (TPSA) is 29.5 Å². The number of unbranched alkanes of at least 4 members (excludes halogenated alkanes) is 1. The molecule has 1 heterocycles. The van der Waals surface area contributed by atoms with Gasteiger partial charge in [-0.25, -0.2) is 0 Å². The molecule has 0 aromatic rings. The average Bonchev–Trinajstić information content (AvgIpc) is 2.46. The monoisotopic (exact) mass is 351 g/mol. The van der Waals surface area contributed by atoms with Crippen molar-refractivity contribution in [3.63, 3.8) is 0 Å². The van der Waals surface area contributed by atoms with Crippen molar-refractivity contribution in [2.75, 3.05) is 19.6 Å². The van der Waals surface area contributed by atoms with E-state index >= 15 is 0 Å². The first-order valence-electron chi connectivity index (χ1n) is 8.21. The first-order chi connectivity index (χ1) is 9.58. The fourth-order valence-corrected chi connectivity index (χ4v) is 3.08. The van der Waals surface area contributed by atoms with Gasteiger partial charge in [0, 0.05) is 0 Å². The van der Waals surface area contributed by atoms with Crippen LogP contribution in [0, 0.1) is 17.8 Å². The maximum absolute atomic E-state index is 11.9. The Morgan fingerprint density at radius 3 is 2.27 bits per heavy atom. The van der Waals surface area contributed by atoms with Crippen molar-refractivity contribution in [1.82, 2.24) is 4.90 Å². The lowest BCUT2D eigenvalue weighted by Gasteiger charge is -2.35. The molecule has 2 radical (unpaired) electrons. The fraction of sp³-hybridized carbons (Fsp3) is 0.938. The molecule has 1 aliphatic heterocycles. The molecule has 130 valence electrons. The highest BCUT2D eigenvalue weighted by molar-refractivity contribution is 6.05. The van der Waals surface area contributed by atoms with Gasteiger partial charge in [-0.15, -0.1) is 24.8 Å². The van der Waals surface area contributed by atoms with E-state index in [0.29, 0.717) is 5.92 Å². The summed E-state index contributed by atoms with van der Waals surface area (Å²) in [6.07, 6.45) is 6.57. The zero-order chi connectivity index (χ0) is 15.0. The highest BCUT2D eigenvalue weighted by Crippen LogP contribution is 2.29. The molecule has 1 aliphatic rings. The molecule has 22 heavy (non-hydrogen) atoms. The Bertz CT molecular complexity index is 285. The summed E-state index contributed by atoms with van der Waals surface area (Å²) in [7, 11) is 5.10. The van der Waals surface area contributed by atoms with Crippen LogP contribution in [0.3, 0.4) is 0 Å². The quantitative estimate of drug-likeness (QED) is 0.618. The van der Waals surface area contributed by atoms with E-state index < -0.39 is 0 Å². The minimum atomic E-state index is -0.209. The minimum absolute atomic E-state index is 0. The van der Waals surface area contributed by atoms with Crippen molar-refractivity contribution in [3.05, 3.63) is 0 Å². The van der Waals surface area contributed by atoms with Crippen molar-refractivity contribution in [1.29, 1.82) is 0 Å². The highest BCUT2D eigenvalue weighted by atomic mass is 35.5. The number of nitrogens with zero attached hydrogens (tertiary/aromatic N) is 1. The number of halogens is 2. The summed E-state index contributed by atoms with van der Waals surface area (Å²) < 4.78 is 4.52. The second kappa shape index (κ2) is 13.5. The summed E-state index contributed by atoms with van der Waals surface area (Å²) in [5.41, 5.74) is 0. The number of carbonyl (C=O) groups excluding carboxylic acids is 1. The Morgan fingerprint density at radius 2 is 1.82 bits per heavy atom. The molecule has 0 saturated carbocycles. The molecule has 6 heteroatoms. The van der Waals surface area contributed by atoms with E-state index in [1.807, 2.05) is 0 Å². The van der Waals surface area contributed by atoms with Gasteiger partial charge in [-0.3, -0.25) is 4.79 Å². The van der Waals surface area contributed by atoms with Gasteiger partial charge in [0.15, 0.2) is 0 Å². The molecule has 1 rings (SSSR count). The maximum Gasteiger partial charge on any atom is 0.378 e. The third-order valence-electron chi connectivity index (χ3n) is 4.51. The lowest BCUT2D eigenvalue weighted by Crippen LogP contribution is -2.39. The number of carbonyl (C=O) groups is 1. The van der Waals surface area contributed by atoms with E-state index in [9.17, 15) is 4.79 Å². The van der Waals surface area contributed by atoms with E-state index in [2.05, 4.69) is 30.3 Å². The number of likely N-dealkylation sites (tertiary alicyclic amines) is 1. The van der Waals surface area contributed by atoms with Gasteiger partial charge in [-0.2, -0.15) is 0 Å². The highest BCUT2D eigenvalue weighted by Gasteiger charge is 2.31. The Kier molecular flexibility index (Phi) is 14.9. The maximum atomic E-state index is 11.9. The second-order valence-electron chi connectivity index (χ2n) is 6.55. The largest absolute Gasteiger partial charge is 0.543 e. The van der Waals surface area contributed by atoms with Gasteiger partial charge in [0.05, 0.1) is 5.92 Å². The molecule has 0 aromatic heterocycles. The van der Waals surface area contributed by atoms with E-state index in [1.165, 1.54) is 13.0 Å². The molecule has 1 saturated heterocycles. The van der Waals surface area contributed by atoms with Crippen molar-refractivity contribution in [3.8, 4) is 0 Å². The smallest absolute Gasteiger partial charge is 0.378 e. The summed E-state index contributed by atoms with van der Waals surface area (Å²) in [6, 6.07) is 0. The van der Waals surface area contributed by atoms with E-state index in [4.69, 9.17) is 8.05 Å². The van der Waals surface area contributed by atoms with E-state index in [-0.39, 0.29) is 36.7 Å². The predicted molar refractivity (Wildman–Crippen MR) is 98.0 cm³/mol. The lowest BCUT2D eigenvalue weighted by atomic mass is 9.81. The van der Waals surface area contributed by atoms with Crippen LogP contribution in [0.25, 0.3) is 0 Å². The standard InChI is InChI=1S/C16H30BNO2.2ClH/c1-4-5-6-15(16(19)20-17)14-8-11-18(12-9-14)10-7-13(2)3;;/h13-15H,4-12H2,1-3H3;2*1H.